The predicted octanol–water partition coefficient (Wildman–Crippen LogP) is 1.58. The first kappa shape index (κ1) is 9.98. The van der Waals surface area contributed by atoms with Gasteiger partial charge in [-0.2, -0.15) is 0 Å². The summed E-state index contributed by atoms with van der Waals surface area (Å²) in [7, 11) is 3.17. The van der Waals surface area contributed by atoms with Crippen LogP contribution in [-0.4, -0.2) is 14.2 Å². The molecule has 0 bridgehead atoms. The number of nitrogens with two attached hydrogens (primary N) is 1. The van der Waals surface area contributed by atoms with E-state index in [1.54, 1.807) is 7.11 Å². The summed E-state index contributed by atoms with van der Waals surface area (Å²) in [6, 6.07) is 7.96. The van der Waals surface area contributed by atoms with Gasteiger partial charge in [0.15, 0.2) is 0 Å². The molecule has 0 aliphatic carbocycles. The van der Waals surface area contributed by atoms with Crippen LogP contribution in [0.1, 0.15) is 5.56 Å². The van der Waals surface area contributed by atoms with Gasteiger partial charge in [0, 0.05) is 0 Å². The number of rotatable bonds is 1. The molecule has 0 amide bonds. The molecule has 0 fully saturated rings. The minimum atomic E-state index is 0.917. The van der Waals surface area contributed by atoms with E-state index >= 15 is 0 Å². The zero-order valence-corrected chi connectivity index (χ0v) is 7.29. The van der Waals surface area contributed by atoms with Crippen LogP contribution in [0.3, 0.4) is 0 Å². The molecule has 0 unspecified atom stereocenters. The molecule has 0 atom stereocenters. The fourth-order valence-electron chi connectivity index (χ4n) is 0.674. The van der Waals surface area contributed by atoms with Crippen LogP contribution in [0.25, 0.3) is 0 Å². The first-order valence-electron chi connectivity index (χ1n) is 3.51. The monoisotopic (exact) mass is 153 g/mol. The summed E-state index contributed by atoms with van der Waals surface area (Å²) in [6.45, 7) is 2.06. The Balaban J connectivity index is 0.000000461. The molecule has 62 valence electrons. The first-order chi connectivity index (χ1) is 5.33. The summed E-state index contributed by atoms with van der Waals surface area (Å²) in [6.07, 6.45) is 0. The fraction of sp³-hybridized carbons (Fsp3) is 0.333. The molecule has 0 aromatic heterocycles. The van der Waals surface area contributed by atoms with Crippen molar-refractivity contribution in [3.8, 4) is 5.75 Å². The Labute approximate surface area is 68.0 Å². The Morgan fingerprint density at radius 3 is 1.91 bits per heavy atom. The summed E-state index contributed by atoms with van der Waals surface area (Å²) in [5.41, 5.74) is 5.76. The van der Waals surface area contributed by atoms with E-state index in [1.165, 1.54) is 12.6 Å². The Bertz CT molecular complexity index is 181. The number of hydrogen-bond donors (Lipinski definition) is 1. The van der Waals surface area contributed by atoms with Gasteiger partial charge >= 0.3 is 0 Å². The maximum atomic E-state index is 4.97. The average molecular weight is 153 g/mol. The van der Waals surface area contributed by atoms with Crippen LogP contribution >= 0.6 is 0 Å². The lowest BCUT2D eigenvalue weighted by atomic mass is 10.2. The second-order valence-electron chi connectivity index (χ2n) is 2.02. The van der Waals surface area contributed by atoms with Gasteiger partial charge in [0.25, 0.3) is 0 Å². The lowest BCUT2D eigenvalue weighted by Gasteiger charge is -1.97. The zero-order valence-electron chi connectivity index (χ0n) is 7.29. The standard InChI is InChI=1S/C8H10O.CH5N/c1-7-3-5-8(9-2)6-4-7;1-2/h3-6H,1-2H3;2H2,1H3. The van der Waals surface area contributed by atoms with Crippen molar-refractivity contribution in [3.05, 3.63) is 29.8 Å². The summed E-state index contributed by atoms with van der Waals surface area (Å²) >= 11 is 0. The topological polar surface area (TPSA) is 35.2 Å². The van der Waals surface area contributed by atoms with E-state index in [9.17, 15) is 0 Å². The molecule has 11 heavy (non-hydrogen) atoms. The number of ether oxygens (including phenoxy) is 1. The SMILES string of the molecule is CN.COc1ccc(C)cc1. The van der Waals surface area contributed by atoms with Crippen molar-refractivity contribution in [2.75, 3.05) is 14.2 Å². The van der Waals surface area contributed by atoms with Crippen molar-refractivity contribution in [1.82, 2.24) is 0 Å². The third-order valence-corrected chi connectivity index (χ3v) is 1.26. The minimum Gasteiger partial charge on any atom is -0.497 e. The van der Waals surface area contributed by atoms with Crippen LogP contribution < -0.4 is 10.5 Å². The van der Waals surface area contributed by atoms with Crippen LogP contribution in [0.15, 0.2) is 24.3 Å². The van der Waals surface area contributed by atoms with E-state index in [0.29, 0.717) is 0 Å². The van der Waals surface area contributed by atoms with Gasteiger partial charge in [0.2, 0.25) is 0 Å². The fourth-order valence-corrected chi connectivity index (χ4v) is 0.674. The maximum Gasteiger partial charge on any atom is 0.118 e. The molecule has 2 heteroatoms. The molecule has 2 nitrogen and oxygen atoms in total. The highest BCUT2D eigenvalue weighted by molar-refractivity contribution is 5.25. The normalized spacial score (nSPS) is 8.00. The van der Waals surface area contributed by atoms with Gasteiger partial charge in [0.05, 0.1) is 7.11 Å². The van der Waals surface area contributed by atoms with Crippen molar-refractivity contribution in [2.24, 2.45) is 5.73 Å². The number of hydrogen-bond acceptors (Lipinski definition) is 2. The number of methoxy groups -OCH3 is 1. The predicted molar refractivity (Wildman–Crippen MR) is 47.8 cm³/mol. The van der Waals surface area contributed by atoms with Gasteiger partial charge in [0.1, 0.15) is 5.75 Å². The molecule has 0 aliphatic rings. The number of benzene rings is 1. The van der Waals surface area contributed by atoms with E-state index in [1.807, 2.05) is 24.3 Å². The molecular formula is C9H15NO. The summed E-state index contributed by atoms with van der Waals surface area (Å²) in [5.74, 6) is 0.917. The lowest BCUT2D eigenvalue weighted by Crippen LogP contribution is -1.80. The zero-order chi connectivity index (χ0) is 8.69. The molecule has 2 N–H and O–H groups in total. The molecule has 0 spiro atoms. The van der Waals surface area contributed by atoms with Crippen LogP contribution in [0.2, 0.25) is 0 Å². The Morgan fingerprint density at radius 2 is 1.55 bits per heavy atom. The minimum absolute atomic E-state index is 0.917. The molecule has 0 saturated heterocycles. The molecule has 0 heterocycles. The highest BCUT2D eigenvalue weighted by Crippen LogP contribution is 2.09. The van der Waals surface area contributed by atoms with Crippen molar-refractivity contribution in [3.63, 3.8) is 0 Å². The average Bonchev–Trinajstić information content (AvgIpc) is 2.10. The third kappa shape index (κ3) is 3.63. The summed E-state index contributed by atoms with van der Waals surface area (Å²) in [4.78, 5) is 0. The van der Waals surface area contributed by atoms with Gasteiger partial charge in [-0.05, 0) is 26.1 Å². The Morgan fingerprint density at radius 1 is 1.09 bits per heavy atom. The van der Waals surface area contributed by atoms with Gasteiger partial charge in [-0.15, -0.1) is 0 Å². The van der Waals surface area contributed by atoms with Gasteiger partial charge in [-0.1, -0.05) is 17.7 Å². The smallest absolute Gasteiger partial charge is 0.118 e. The molecular weight excluding hydrogens is 138 g/mol. The van der Waals surface area contributed by atoms with Crippen molar-refractivity contribution in [2.45, 2.75) is 6.92 Å². The highest BCUT2D eigenvalue weighted by atomic mass is 16.5. The molecule has 1 aromatic carbocycles. The Kier molecular flexibility index (Phi) is 5.21. The van der Waals surface area contributed by atoms with E-state index in [0.717, 1.165) is 5.75 Å². The van der Waals surface area contributed by atoms with Gasteiger partial charge in [-0.25, -0.2) is 0 Å². The van der Waals surface area contributed by atoms with Crippen LogP contribution in [0.4, 0.5) is 0 Å². The molecule has 0 saturated carbocycles. The van der Waals surface area contributed by atoms with Crippen molar-refractivity contribution >= 4 is 0 Å². The first-order valence-corrected chi connectivity index (χ1v) is 3.51. The van der Waals surface area contributed by atoms with E-state index < -0.39 is 0 Å². The van der Waals surface area contributed by atoms with Crippen LogP contribution in [0, 0.1) is 6.92 Å². The van der Waals surface area contributed by atoms with Gasteiger partial charge in [-0.3, -0.25) is 0 Å². The molecule has 0 radical (unpaired) electrons. The second-order valence-corrected chi connectivity index (χ2v) is 2.02. The van der Waals surface area contributed by atoms with E-state index in [2.05, 4.69) is 12.7 Å². The lowest BCUT2D eigenvalue weighted by molar-refractivity contribution is 0.414. The molecule has 1 rings (SSSR count). The van der Waals surface area contributed by atoms with Gasteiger partial charge < -0.3 is 10.5 Å². The van der Waals surface area contributed by atoms with Crippen LogP contribution in [0.5, 0.6) is 5.75 Å². The van der Waals surface area contributed by atoms with E-state index in [4.69, 9.17) is 4.74 Å². The largest absolute Gasteiger partial charge is 0.497 e. The number of aryl methyl sites for hydroxylation is 1. The van der Waals surface area contributed by atoms with E-state index in [-0.39, 0.29) is 0 Å². The summed E-state index contributed by atoms with van der Waals surface area (Å²) in [5, 5.41) is 0. The second kappa shape index (κ2) is 5.74. The summed E-state index contributed by atoms with van der Waals surface area (Å²) < 4.78 is 4.97. The third-order valence-electron chi connectivity index (χ3n) is 1.26. The van der Waals surface area contributed by atoms with Crippen molar-refractivity contribution in [1.29, 1.82) is 0 Å². The maximum absolute atomic E-state index is 4.97. The quantitative estimate of drug-likeness (QED) is 0.664. The molecule has 1 aromatic rings. The molecule has 0 aliphatic heterocycles. The van der Waals surface area contributed by atoms with Crippen LogP contribution in [-0.2, 0) is 0 Å². The highest BCUT2D eigenvalue weighted by Gasteiger charge is 1.85. The van der Waals surface area contributed by atoms with Crippen molar-refractivity contribution < 1.29 is 4.74 Å². The Hall–Kier alpha value is -1.02.